The highest BCUT2D eigenvalue weighted by Crippen LogP contribution is 2.39. The summed E-state index contributed by atoms with van der Waals surface area (Å²) in [6.45, 7) is 6.33. The van der Waals surface area contributed by atoms with Crippen LogP contribution in [0.2, 0.25) is 0 Å². The zero-order valence-corrected chi connectivity index (χ0v) is 22.3. The Morgan fingerprint density at radius 2 is 2.03 bits per heavy atom. The third kappa shape index (κ3) is 4.81. The van der Waals surface area contributed by atoms with Gasteiger partial charge in [-0.25, -0.2) is 19.5 Å². The number of nitrogens with zero attached hydrogens (tertiary/aromatic N) is 6. The van der Waals surface area contributed by atoms with Crippen molar-refractivity contribution < 1.29 is 9.84 Å². The van der Waals surface area contributed by atoms with E-state index in [9.17, 15) is 5.11 Å². The average Bonchev–Trinajstić information content (AvgIpc) is 3.56. The molecule has 0 bridgehead atoms. The van der Waals surface area contributed by atoms with E-state index in [-0.39, 0.29) is 12.1 Å². The lowest BCUT2D eigenvalue weighted by Crippen LogP contribution is -2.23. The number of rotatable bonds is 7. The van der Waals surface area contributed by atoms with E-state index in [0.717, 1.165) is 66.2 Å². The molecule has 2 aliphatic rings. The molecule has 0 saturated heterocycles. The quantitative estimate of drug-likeness (QED) is 0.367. The summed E-state index contributed by atoms with van der Waals surface area (Å²) in [7, 11) is 1.69. The summed E-state index contributed by atoms with van der Waals surface area (Å²) in [5.41, 5.74) is 5.51. The highest BCUT2D eigenvalue weighted by molar-refractivity contribution is 7.11. The number of aryl methyl sites for hydroxylation is 1. The normalized spacial score (nSPS) is 20.4. The van der Waals surface area contributed by atoms with Crippen LogP contribution in [0.4, 0.5) is 11.8 Å². The van der Waals surface area contributed by atoms with Gasteiger partial charge >= 0.3 is 0 Å². The first-order valence-corrected chi connectivity index (χ1v) is 13.8. The number of aromatic nitrogens is 5. The molecule has 0 unspecified atom stereocenters. The summed E-state index contributed by atoms with van der Waals surface area (Å²) >= 11 is 1.77. The van der Waals surface area contributed by atoms with Crippen LogP contribution in [0.25, 0.3) is 16.6 Å². The molecule has 6 rings (SSSR count). The number of hydrogen-bond donors (Lipinski definition) is 2. The second-order valence-corrected chi connectivity index (χ2v) is 11.5. The van der Waals surface area contributed by atoms with Crippen LogP contribution >= 0.6 is 11.3 Å². The first-order valence-electron chi connectivity index (χ1n) is 13.0. The number of ether oxygens (including phenoxy) is 1. The maximum Gasteiger partial charge on any atom is 0.241 e. The van der Waals surface area contributed by atoms with E-state index in [2.05, 4.69) is 45.3 Å². The van der Waals surface area contributed by atoms with Crippen molar-refractivity contribution in [2.75, 3.05) is 23.9 Å². The minimum Gasteiger partial charge on any atom is -0.393 e. The lowest BCUT2D eigenvalue weighted by molar-refractivity contribution is 0.121. The maximum atomic E-state index is 10.1. The Morgan fingerprint density at radius 1 is 1.19 bits per heavy atom. The van der Waals surface area contributed by atoms with E-state index in [1.807, 2.05) is 23.8 Å². The molecule has 4 aromatic rings. The van der Waals surface area contributed by atoms with E-state index in [1.54, 1.807) is 18.4 Å². The molecule has 0 aromatic carbocycles. The summed E-state index contributed by atoms with van der Waals surface area (Å²) in [5, 5.41) is 19.5. The van der Waals surface area contributed by atoms with Gasteiger partial charge in [-0.05, 0) is 63.3 Å². The minimum atomic E-state index is -0.201. The predicted molar refractivity (Wildman–Crippen MR) is 145 cm³/mol. The van der Waals surface area contributed by atoms with Crippen molar-refractivity contribution in [3.8, 4) is 11.1 Å². The average molecular weight is 520 g/mol. The van der Waals surface area contributed by atoms with Gasteiger partial charge in [-0.1, -0.05) is 0 Å². The molecule has 194 valence electrons. The van der Waals surface area contributed by atoms with Crippen LogP contribution in [0.5, 0.6) is 0 Å². The van der Waals surface area contributed by atoms with E-state index in [0.29, 0.717) is 18.5 Å². The molecular weight excluding hydrogens is 486 g/mol. The number of nitrogens with one attached hydrogen (secondary N) is 1. The fraction of sp³-hybridized carbons (Fsp3) is 0.481. The van der Waals surface area contributed by atoms with Crippen LogP contribution < -0.4 is 10.2 Å². The highest BCUT2D eigenvalue weighted by Gasteiger charge is 2.27. The van der Waals surface area contributed by atoms with Gasteiger partial charge in [0.2, 0.25) is 5.95 Å². The van der Waals surface area contributed by atoms with Gasteiger partial charge in [0.15, 0.2) is 0 Å². The molecule has 2 N–H and O–H groups in total. The van der Waals surface area contributed by atoms with E-state index in [4.69, 9.17) is 14.8 Å². The first kappa shape index (κ1) is 24.3. The van der Waals surface area contributed by atoms with Gasteiger partial charge in [0.05, 0.1) is 48.2 Å². The number of pyridine rings is 1. The molecule has 1 fully saturated rings. The zero-order chi connectivity index (χ0) is 25.5. The second-order valence-electron chi connectivity index (χ2n) is 10.2. The maximum absolute atomic E-state index is 10.1. The molecule has 9 nitrogen and oxygen atoms in total. The van der Waals surface area contributed by atoms with Gasteiger partial charge in [0.1, 0.15) is 5.82 Å². The lowest BCUT2D eigenvalue weighted by atomic mass is 9.85. The number of thiazole rings is 1. The lowest BCUT2D eigenvalue weighted by Gasteiger charge is -2.25. The van der Waals surface area contributed by atoms with Gasteiger partial charge in [0, 0.05) is 41.4 Å². The summed E-state index contributed by atoms with van der Waals surface area (Å²) in [6.07, 6.45) is 7.13. The monoisotopic (exact) mass is 519 g/mol. The second kappa shape index (κ2) is 10.00. The third-order valence-corrected chi connectivity index (χ3v) is 8.39. The van der Waals surface area contributed by atoms with E-state index < -0.39 is 0 Å². The summed E-state index contributed by atoms with van der Waals surface area (Å²) in [4.78, 5) is 17.6. The molecule has 5 heterocycles. The molecule has 0 radical (unpaired) electrons. The van der Waals surface area contributed by atoms with Crippen molar-refractivity contribution in [2.45, 2.75) is 70.7 Å². The summed E-state index contributed by atoms with van der Waals surface area (Å²) in [5.74, 6) is 1.88. The minimum absolute atomic E-state index is 0.0931. The zero-order valence-electron chi connectivity index (χ0n) is 21.5. The number of methoxy groups -OCH3 is 1. The van der Waals surface area contributed by atoms with Crippen molar-refractivity contribution in [3.05, 3.63) is 51.9 Å². The van der Waals surface area contributed by atoms with Crippen molar-refractivity contribution >= 4 is 28.6 Å². The Labute approximate surface area is 220 Å². The van der Waals surface area contributed by atoms with Crippen LogP contribution in [0.3, 0.4) is 0 Å². The number of aliphatic hydroxyl groups excluding tert-OH is 1. The molecule has 0 spiro atoms. The van der Waals surface area contributed by atoms with Crippen LogP contribution in [-0.4, -0.2) is 55.5 Å². The Bertz CT molecular complexity index is 1390. The Morgan fingerprint density at radius 3 is 2.81 bits per heavy atom. The fourth-order valence-corrected chi connectivity index (χ4v) is 6.54. The molecule has 1 atom stereocenters. The largest absolute Gasteiger partial charge is 0.393 e. The van der Waals surface area contributed by atoms with Crippen LogP contribution in [0.1, 0.15) is 59.8 Å². The van der Waals surface area contributed by atoms with Crippen LogP contribution in [0, 0.1) is 6.92 Å². The third-order valence-electron chi connectivity index (χ3n) is 7.39. The topological polar surface area (TPSA) is 101 Å². The van der Waals surface area contributed by atoms with Gasteiger partial charge in [0.25, 0.3) is 0 Å². The van der Waals surface area contributed by atoms with Gasteiger partial charge in [-0.3, -0.25) is 0 Å². The van der Waals surface area contributed by atoms with E-state index in [1.165, 1.54) is 16.3 Å². The number of aliphatic hydroxyl groups is 1. The van der Waals surface area contributed by atoms with Crippen molar-refractivity contribution in [1.82, 2.24) is 24.6 Å². The molecule has 37 heavy (non-hydrogen) atoms. The number of hydrogen-bond acceptors (Lipinski definition) is 9. The number of anilines is 2. The summed E-state index contributed by atoms with van der Waals surface area (Å²) in [6, 6.07) is 6.59. The first-order chi connectivity index (χ1) is 18.0. The molecule has 1 aliphatic carbocycles. The van der Waals surface area contributed by atoms with Crippen molar-refractivity contribution in [3.63, 3.8) is 0 Å². The summed E-state index contributed by atoms with van der Waals surface area (Å²) < 4.78 is 7.32. The fourth-order valence-electron chi connectivity index (χ4n) is 5.58. The SMILES string of the molecule is COC[C@H](C)Nc1ncc2c(-c3ccnc(N4Cc5nc(C)sc5C4)c3)cc(C3CCC(O)CC3)n2n1. The van der Waals surface area contributed by atoms with Crippen LogP contribution in [0.15, 0.2) is 30.6 Å². The van der Waals surface area contributed by atoms with Gasteiger partial charge in [-0.2, -0.15) is 0 Å². The highest BCUT2D eigenvalue weighted by atomic mass is 32.1. The predicted octanol–water partition coefficient (Wildman–Crippen LogP) is 4.54. The van der Waals surface area contributed by atoms with Gasteiger partial charge in [-0.15, -0.1) is 16.4 Å². The standard InChI is InChI=1S/C27H33N7O2S/c1-16(15-36-3)30-27-29-12-24-21(11-23(34(24)32-27)18-4-6-20(35)7-5-18)19-8-9-28-26(10-19)33-13-22-25(14-33)37-17(2)31-22/h8-12,16,18,20,35H,4-7,13-15H2,1-3H3,(H,30,32)/t16-,18?,20?/m0/s1. The van der Waals surface area contributed by atoms with E-state index >= 15 is 0 Å². The molecule has 1 aliphatic heterocycles. The van der Waals surface area contributed by atoms with Crippen LogP contribution in [-0.2, 0) is 17.8 Å². The smallest absolute Gasteiger partial charge is 0.241 e. The van der Waals surface area contributed by atoms with Gasteiger partial charge < -0.3 is 20.1 Å². The van der Waals surface area contributed by atoms with Crippen molar-refractivity contribution in [2.24, 2.45) is 0 Å². The molecule has 10 heteroatoms. The van der Waals surface area contributed by atoms with Crippen molar-refractivity contribution in [1.29, 1.82) is 0 Å². The Balaban J connectivity index is 1.36. The molecule has 4 aromatic heterocycles. The number of fused-ring (bicyclic) bond motifs is 2. The molecule has 1 saturated carbocycles. The molecular formula is C27H33N7O2S. The Hall–Kier alpha value is -3.08. The molecule has 0 amide bonds. The Kier molecular flexibility index (Phi) is 6.56.